The molecule has 0 fully saturated rings. The van der Waals surface area contributed by atoms with E-state index in [1.54, 1.807) is 0 Å². The molecule has 1 heterocycles. The van der Waals surface area contributed by atoms with Crippen molar-refractivity contribution in [3.8, 4) is 0 Å². The highest BCUT2D eigenvalue weighted by molar-refractivity contribution is 9.08. The summed E-state index contributed by atoms with van der Waals surface area (Å²) in [4.78, 5) is 0. The van der Waals surface area contributed by atoms with Crippen LogP contribution < -0.4 is 0 Å². The zero-order valence-electron chi connectivity index (χ0n) is 4.30. The van der Waals surface area contributed by atoms with Crippen LogP contribution in [0.1, 0.15) is 5.82 Å². The standard InChI is InChI=1S/C2BrF3N4/c3-10-8-1(7-9-10)2(4,5)6. The molecule has 0 amide bonds. The summed E-state index contributed by atoms with van der Waals surface area (Å²) >= 11 is 2.56. The zero-order chi connectivity index (χ0) is 7.78. The molecule has 0 aliphatic rings. The molecule has 1 aromatic heterocycles. The molecule has 0 radical (unpaired) electrons. The molecule has 0 aromatic carbocycles. The van der Waals surface area contributed by atoms with E-state index < -0.39 is 12.0 Å². The van der Waals surface area contributed by atoms with E-state index in [1.165, 1.54) is 0 Å². The van der Waals surface area contributed by atoms with Crippen molar-refractivity contribution in [3.63, 3.8) is 0 Å². The van der Waals surface area contributed by atoms with Gasteiger partial charge in [0.15, 0.2) is 0 Å². The molecule has 56 valence electrons. The van der Waals surface area contributed by atoms with Crippen molar-refractivity contribution >= 4 is 16.1 Å². The van der Waals surface area contributed by atoms with Crippen LogP contribution in [-0.2, 0) is 6.18 Å². The first kappa shape index (κ1) is 7.45. The van der Waals surface area contributed by atoms with Crippen LogP contribution in [0.3, 0.4) is 0 Å². The van der Waals surface area contributed by atoms with E-state index in [2.05, 4.69) is 31.6 Å². The Bertz CT molecular complexity index is 229. The van der Waals surface area contributed by atoms with Crippen LogP contribution in [0.2, 0.25) is 0 Å². The van der Waals surface area contributed by atoms with Crippen molar-refractivity contribution in [2.24, 2.45) is 0 Å². The Morgan fingerprint density at radius 2 is 2.00 bits per heavy atom. The van der Waals surface area contributed by atoms with E-state index >= 15 is 0 Å². The van der Waals surface area contributed by atoms with Gasteiger partial charge in [0.2, 0.25) is 0 Å². The van der Waals surface area contributed by atoms with Crippen LogP contribution in [0.5, 0.6) is 0 Å². The topological polar surface area (TPSA) is 43.6 Å². The summed E-state index contributed by atoms with van der Waals surface area (Å²) in [5.41, 5.74) is 0. The maximum atomic E-state index is 11.6. The van der Waals surface area contributed by atoms with Crippen LogP contribution in [0.25, 0.3) is 0 Å². The lowest BCUT2D eigenvalue weighted by molar-refractivity contribution is -0.145. The van der Waals surface area contributed by atoms with E-state index in [0.717, 1.165) is 0 Å². The van der Waals surface area contributed by atoms with Gasteiger partial charge in [0.25, 0.3) is 5.82 Å². The minimum Gasteiger partial charge on any atom is -0.163 e. The van der Waals surface area contributed by atoms with E-state index in [4.69, 9.17) is 0 Å². The number of halogens is 4. The second-order valence-corrected chi connectivity index (χ2v) is 1.99. The lowest BCUT2D eigenvalue weighted by Crippen LogP contribution is -2.07. The van der Waals surface area contributed by atoms with Gasteiger partial charge < -0.3 is 0 Å². The number of aromatic nitrogens is 4. The number of hydrogen-bond donors (Lipinski definition) is 0. The summed E-state index contributed by atoms with van der Waals surface area (Å²) in [6.45, 7) is 0. The number of rotatable bonds is 0. The van der Waals surface area contributed by atoms with E-state index in [0.29, 0.717) is 3.82 Å². The van der Waals surface area contributed by atoms with Crippen molar-refractivity contribution in [3.05, 3.63) is 5.82 Å². The molecule has 0 aliphatic heterocycles. The molecular formula is C2BrF3N4. The quantitative estimate of drug-likeness (QED) is 0.646. The first-order valence-electron chi connectivity index (χ1n) is 2.03. The number of tetrazole rings is 1. The summed E-state index contributed by atoms with van der Waals surface area (Å²) in [5, 5.41) is 8.52. The smallest absolute Gasteiger partial charge is 0.163 e. The second-order valence-electron chi connectivity index (χ2n) is 1.35. The Morgan fingerprint density at radius 3 is 2.20 bits per heavy atom. The Balaban J connectivity index is 2.96. The summed E-state index contributed by atoms with van der Waals surface area (Å²) < 4.78 is 35.4. The predicted octanol–water partition coefficient (Wildman–Crippen LogP) is 0.850. The summed E-state index contributed by atoms with van der Waals surface area (Å²) in [6, 6.07) is 0. The predicted molar refractivity (Wildman–Crippen MR) is 27.1 cm³/mol. The van der Waals surface area contributed by atoms with Crippen molar-refractivity contribution in [2.45, 2.75) is 6.18 Å². The molecule has 4 nitrogen and oxygen atoms in total. The maximum Gasteiger partial charge on any atom is 0.455 e. The molecule has 0 atom stereocenters. The lowest BCUT2D eigenvalue weighted by atomic mass is 10.6. The molecule has 0 N–H and O–H groups in total. The van der Waals surface area contributed by atoms with Gasteiger partial charge in [0, 0.05) is 0 Å². The molecule has 1 aromatic rings. The van der Waals surface area contributed by atoms with Crippen molar-refractivity contribution in [1.29, 1.82) is 0 Å². The monoisotopic (exact) mass is 216 g/mol. The molecule has 0 spiro atoms. The molecule has 0 unspecified atom stereocenters. The molecule has 0 saturated heterocycles. The van der Waals surface area contributed by atoms with E-state index in [-0.39, 0.29) is 0 Å². The van der Waals surface area contributed by atoms with Gasteiger partial charge in [-0.25, -0.2) is 0 Å². The van der Waals surface area contributed by atoms with Gasteiger partial charge in [-0.1, -0.05) is 3.82 Å². The molecule has 0 saturated carbocycles. The highest BCUT2D eigenvalue weighted by Crippen LogP contribution is 2.24. The average molecular weight is 217 g/mol. The van der Waals surface area contributed by atoms with Crippen molar-refractivity contribution in [1.82, 2.24) is 19.2 Å². The average Bonchev–Trinajstić information content (AvgIpc) is 2.11. The molecule has 8 heteroatoms. The lowest BCUT2D eigenvalue weighted by Gasteiger charge is -1.95. The summed E-state index contributed by atoms with van der Waals surface area (Å²) in [7, 11) is 0. The minimum atomic E-state index is -4.52. The van der Waals surface area contributed by atoms with Gasteiger partial charge in [0.05, 0.1) is 0 Å². The van der Waals surface area contributed by atoms with Crippen LogP contribution >= 0.6 is 16.1 Å². The Kier molecular flexibility index (Phi) is 1.63. The van der Waals surface area contributed by atoms with Gasteiger partial charge in [-0.15, -0.1) is 10.2 Å². The Hall–Kier alpha value is -0.660. The van der Waals surface area contributed by atoms with Gasteiger partial charge in [-0.2, -0.15) is 13.2 Å². The maximum absolute atomic E-state index is 11.6. The minimum absolute atomic E-state index is 0.565. The highest BCUT2D eigenvalue weighted by atomic mass is 79.9. The van der Waals surface area contributed by atoms with Crippen molar-refractivity contribution < 1.29 is 13.2 Å². The third-order valence-corrected chi connectivity index (χ3v) is 0.944. The number of hydrogen-bond acceptors (Lipinski definition) is 3. The van der Waals surface area contributed by atoms with Gasteiger partial charge in [0.1, 0.15) is 16.1 Å². The van der Waals surface area contributed by atoms with Crippen molar-refractivity contribution in [2.75, 3.05) is 0 Å². The van der Waals surface area contributed by atoms with E-state index in [9.17, 15) is 13.2 Å². The fraction of sp³-hybridized carbons (Fsp3) is 0.500. The Morgan fingerprint density at radius 1 is 1.40 bits per heavy atom. The van der Waals surface area contributed by atoms with E-state index in [1.807, 2.05) is 0 Å². The third kappa shape index (κ3) is 1.43. The van der Waals surface area contributed by atoms with Crippen LogP contribution in [-0.4, -0.2) is 19.2 Å². The first-order chi connectivity index (χ1) is 4.50. The van der Waals surface area contributed by atoms with Gasteiger partial charge >= 0.3 is 6.18 Å². The number of nitrogens with zero attached hydrogens (tertiary/aromatic N) is 4. The molecule has 1 rings (SSSR count). The largest absolute Gasteiger partial charge is 0.455 e. The Labute approximate surface area is 61.4 Å². The molecule has 10 heavy (non-hydrogen) atoms. The fourth-order valence-corrected chi connectivity index (χ4v) is 0.532. The second kappa shape index (κ2) is 2.19. The molecule has 0 aliphatic carbocycles. The normalized spacial score (nSPS) is 12.0. The van der Waals surface area contributed by atoms with Crippen LogP contribution in [0.4, 0.5) is 13.2 Å². The molecular weight excluding hydrogens is 217 g/mol. The van der Waals surface area contributed by atoms with Crippen LogP contribution in [0.15, 0.2) is 0 Å². The molecule has 0 bridgehead atoms. The first-order valence-corrected chi connectivity index (χ1v) is 2.74. The van der Waals surface area contributed by atoms with Gasteiger partial charge in [-0.3, -0.25) is 0 Å². The third-order valence-electron chi connectivity index (χ3n) is 0.644. The zero-order valence-corrected chi connectivity index (χ0v) is 5.89. The highest BCUT2D eigenvalue weighted by Gasteiger charge is 2.36. The van der Waals surface area contributed by atoms with Crippen LogP contribution in [0, 0.1) is 0 Å². The fourth-order valence-electron chi connectivity index (χ4n) is 0.311. The summed E-state index contributed by atoms with van der Waals surface area (Å²) in [6.07, 6.45) is -4.52. The summed E-state index contributed by atoms with van der Waals surface area (Å²) in [5.74, 6) is -1.26. The van der Waals surface area contributed by atoms with Gasteiger partial charge in [-0.05, 0) is 5.21 Å². The SMILES string of the molecule is FC(F)(F)c1nnn(Br)n1. The number of alkyl halides is 3.